The zero-order valence-electron chi connectivity index (χ0n) is 18.2. The van der Waals surface area contributed by atoms with Crippen LogP contribution in [0.5, 0.6) is 0 Å². The van der Waals surface area contributed by atoms with Gasteiger partial charge in [0.15, 0.2) is 0 Å². The first-order valence-corrected chi connectivity index (χ1v) is 14.0. The lowest BCUT2D eigenvalue weighted by atomic mass is 10.2. The second kappa shape index (κ2) is 9.86. The van der Waals surface area contributed by atoms with E-state index >= 15 is 0 Å². The predicted molar refractivity (Wildman–Crippen MR) is 119 cm³/mol. The lowest BCUT2D eigenvalue weighted by Gasteiger charge is -2.15. The summed E-state index contributed by atoms with van der Waals surface area (Å²) in [7, 11) is -1.17. The third-order valence-electron chi connectivity index (χ3n) is 4.58. The molecule has 0 saturated heterocycles. The zero-order valence-corrected chi connectivity index (χ0v) is 19.2. The number of hydrogen-bond donors (Lipinski definition) is 0. The van der Waals surface area contributed by atoms with E-state index in [1.54, 1.807) is 17.7 Å². The lowest BCUT2D eigenvalue weighted by molar-refractivity contribution is 0.0464. The largest absolute Gasteiger partial charge is 0.460 e. The SMILES string of the molecule is CCOC(=O)c1nc(-c2cnn(Cc3ccccc3)c2)cn1COCC[Si](C)(C)C. The van der Waals surface area contributed by atoms with E-state index in [9.17, 15) is 4.79 Å². The van der Waals surface area contributed by atoms with Gasteiger partial charge >= 0.3 is 5.97 Å². The van der Waals surface area contributed by atoms with Crippen LogP contribution < -0.4 is 0 Å². The number of aromatic nitrogens is 4. The van der Waals surface area contributed by atoms with E-state index < -0.39 is 14.0 Å². The Morgan fingerprint density at radius 1 is 1.13 bits per heavy atom. The third kappa shape index (κ3) is 6.14. The zero-order chi connectivity index (χ0) is 21.6. The minimum atomic E-state index is -1.17. The molecule has 3 rings (SSSR count). The molecule has 160 valence electrons. The summed E-state index contributed by atoms with van der Waals surface area (Å²) in [5.41, 5.74) is 2.68. The highest BCUT2D eigenvalue weighted by molar-refractivity contribution is 6.76. The number of rotatable bonds is 10. The molecule has 0 unspecified atom stereocenters. The second-order valence-electron chi connectivity index (χ2n) is 8.40. The van der Waals surface area contributed by atoms with Gasteiger partial charge in [0.05, 0.1) is 25.0 Å². The maximum absolute atomic E-state index is 12.4. The molecule has 2 heterocycles. The quantitative estimate of drug-likeness (QED) is 0.275. The first-order chi connectivity index (χ1) is 14.4. The van der Waals surface area contributed by atoms with Crippen LogP contribution >= 0.6 is 0 Å². The van der Waals surface area contributed by atoms with Crippen molar-refractivity contribution in [3.63, 3.8) is 0 Å². The molecule has 3 aromatic rings. The smallest absolute Gasteiger partial charge is 0.374 e. The highest BCUT2D eigenvalue weighted by atomic mass is 28.3. The molecular weight excluding hydrogens is 396 g/mol. The number of carbonyl (C=O) groups excluding carboxylic acids is 1. The molecule has 0 N–H and O–H groups in total. The molecule has 1 aromatic carbocycles. The van der Waals surface area contributed by atoms with Gasteiger partial charge in [0.2, 0.25) is 5.82 Å². The van der Waals surface area contributed by atoms with Gasteiger partial charge < -0.3 is 14.0 Å². The second-order valence-corrected chi connectivity index (χ2v) is 14.0. The van der Waals surface area contributed by atoms with Gasteiger partial charge in [0, 0.05) is 32.6 Å². The van der Waals surface area contributed by atoms with E-state index in [0.717, 1.165) is 11.6 Å². The molecule has 0 bridgehead atoms. The van der Waals surface area contributed by atoms with Gasteiger partial charge in [-0.1, -0.05) is 50.0 Å². The van der Waals surface area contributed by atoms with Crippen LogP contribution in [0.4, 0.5) is 0 Å². The molecule has 0 radical (unpaired) electrons. The molecule has 0 saturated carbocycles. The Labute approximate surface area is 178 Å². The van der Waals surface area contributed by atoms with Crippen LogP contribution in [0.15, 0.2) is 48.9 Å². The average Bonchev–Trinajstić information content (AvgIpc) is 3.32. The number of carbonyl (C=O) groups is 1. The number of nitrogens with zero attached hydrogens (tertiary/aromatic N) is 4. The van der Waals surface area contributed by atoms with Gasteiger partial charge in [-0.25, -0.2) is 9.78 Å². The summed E-state index contributed by atoms with van der Waals surface area (Å²) < 4.78 is 14.6. The van der Waals surface area contributed by atoms with Crippen molar-refractivity contribution in [2.45, 2.75) is 45.9 Å². The minimum Gasteiger partial charge on any atom is -0.460 e. The van der Waals surface area contributed by atoms with Crippen LogP contribution in [0.3, 0.4) is 0 Å². The van der Waals surface area contributed by atoms with Crippen molar-refractivity contribution in [2.24, 2.45) is 0 Å². The van der Waals surface area contributed by atoms with Crippen LogP contribution in [0, 0.1) is 0 Å². The fraction of sp³-hybridized carbons (Fsp3) is 0.409. The third-order valence-corrected chi connectivity index (χ3v) is 6.28. The van der Waals surface area contributed by atoms with E-state index in [0.29, 0.717) is 25.5 Å². The maximum atomic E-state index is 12.4. The van der Waals surface area contributed by atoms with Crippen LogP contribution in [0.2, 0.25) is 25.7 Å². The van der Waals surface area contributed by atoms with E-state index in [1.807, 2.05) is 35.3 Å². The van der Waals surface area contributed by atoms with Gasteiger partial charge in [-0.3, -0.25) is 4.68 Å². The van der Waals surface area contributed by atoms with E-state index in [4.69, 9.17) is 9.47 Å². The summed E-state index contributed by atoms with van der Waals surface area (Å²) in [6, 6.07) is 11.2. The summed E-state index contributed by atoms with van der Waals surface area (Å²) in [5, 5.41) is 4.43. The molecule has 0 aliphatic heterocycles. The molecule has 0 aliphatic rings. The Morgan fingerprint density at radius 3 is 2.60 bits per heavy atom. The van der Waals surface area contributed by atoms with Crippen LogP contribution in [0.1, 0.15) is 23.1 Å². The summed E-state index contributed by atoms with van der Waals surface area (Å²) in [6.45, 7) is 10.6. The first-order valence-electron chi connectivity index (χ1n) is 10.2. The summed E-state index contributed by atoms with van der Waals surface area (Å²) in [5.74, 6) is -0.204. The summed E-state index contributed by atoms with van der Waals surface area (Å²) >= 11 is 0. The topological polar surface area (TPSA) is 71.2 Å². The van der Waals surface area contributed by atoms with Crippen LogP contribution in [0.25, 0.3) is 11.3 Å². The maximum Gasteiger partial charge on any atom is 0.374 e. The standard InChI is InChI=1S/C22H30N4O3Si/c1-5-29-22(27)21-24-20(16-25(21)17-28-11-12-30(2,3)4)19-13-23-26(15-19)14-18-9-7-6-8-10-18/h6-10,13,15-16H,5,11-12,14,17H2,1-4H3. The predicted octanol–water partition coefficient (Wildman–Crippen LogP) is 4.28. The van der Waals surface area contributed by atoms with E-state index in [-0.39, 0.29) is 12.6 Å². The van der Waals surface area contributed by atoms with Gasteiger partial charge in [-0.2, -0.15) is 5.10 Å². The number of hydrogen-bond acceptors (Lipinski definition) is 5. The van der Waals surface area contributed by atoms with Gasteiger partial charge in [0.1, 0.15) is 6.73 Å². The molecule has 0 atom stereocenters. The van der Waals surface area contributed by atoms with Gasteiger partial charge in [-0.05, 0) is 18.5 Å². The van der Waals surface area contributed by atoms with Crippen molar-refractivity contribution in [1.82, 2.24) is 19.3 Å². The number of esters is 1. The fourth-order valence-electron chi connectivity index (χ4n) is 2.91. The number of imidazole rings is 1. The normalized spacial score (nSPS) is 11.6. The average molecular weight is 427 g/mol. The minimum absolute atomic E-state index is 0.246. The summed E-state index contributed by atoms with van der Waals surface area (Å²) in [6.07, 6.45) is 5.52. The number of benzene rings is 1. The highest BCUT2D eigenvalue weighted by Gasteiger charge is 2.19. The van der Waals surface area contributed by atoms with Crippen molar-refractivity contribution in [3.8, 4) is 11.3 Å². The molecule has 0 fully saturated rings. The van der Waals surface area contributed by atoms with Crippen molar-refractivity contribution < 1.29 is 14.3 Å². The van der Waals surface area contributed by atoms with Crippen molar-refractivity contribution in [1.29, 1.82) is 0 Å². The van der Waals surface area contributed by atoms with Gasteiger partial charge in [0.25, 0.3) is 0 Å². The molecule has 0 amide bonds. The van der Waals surface area contributed by atoms with E-state index in [2.05, 4.69) is 41.9 Å². The molecule has 0 spiro atoms. The molecule has 0 aliphatic carbocycles. The van der Waals surface area contributed by atoms with E-state index in [1.165, 1.54) is 5.56 Å². The highest BCUT2D eigenvalue weighted by Crippen LogP contribution is 2.20. The van der Waals surface area contributed by atoms with Crippen LogP contribution in [-0.2, 0) is 22.7 Å². The Bertz CT molecular complexity index is 960. The van der Waals surface area contributed by atoms with Crippen LogP contribution in [-0.4, -0.2) is 46.6 Å². The molecule has 2 aromatic heterocycles. The lowest BCUT2D eigenvalue weighted by Crippen LogP contribution is -2.22. The first kappa shape index (κ1) is 22.0. The van der Waals surface area contributed by atoms with Crippen molar-refractivity contribution in [2.75, 3.05) is 13.2 Å². The van der Waals surface area contributed by atoms with Crippen molar-refractivity contribution in [3.05, 3.63) is 60.3 Å². The fourth-order valence-corrected chi connectivity index (χ4v) is 3.66. The molecule has 7 nitrogen and oxygen atoms in total. The monoisotopic (exact) mass is 426 g/mol. The summed E-state index contributed by atoms with van der Waals surface area (Å²) in [4.78, 5) is 16.9. The molecular formula is C22H30N4O3Si. The Balaban J connectivity index is 1.75. The Morgan fingerprint density at radius 2 is 1.90 bits per heavy atom. The number of ether oxygens (including phenoxy) is 2. The Hall–Kier alpha value is -2.71. The van der Waals surface area contributed by atoms with Crippen molar-refractivity contribution >= 4 is 14.0 Å². The Kier molecular flexibility index (Phi) is 7.23. The van der Waals surface area contributed by atoms with Gasteiger partial charge in [-0.15, -0.1) is 0 Å². The molecule has 30 heavy (non-hydrogen) atoms. The molecule has 8 heteroatoms.